The van der Waals surface area contributed by atoms with E-state index in [1.807, 2.05) is 24.3 Å². The molecule has 0 heterocycles. The number of phenolic OH excluding ortho intramolecular Hbond substituents is 3. The Labute approximate surface area is 132 Å². The molecule has 0 bridgehead atoms. The molecule has 0 spiro atoms. The maximum absolute atomic E-state index is 10.2. The quantitative estimate of drug-likeness (QED) is 0.431. The van der Waals surface area contributed by atoms with Crippen molar-refractivity contribution >= 4 is 0 Å². The normalized spacial score (nSPS) is 21.7. The summed E-state index contributed by atoms with van der Waals surface area (Å²) in [7, 11) is 0. The molecular formula is C17H18O6. The standard InChI is InChI=1S/C17H18O6/c18-12-5-9-3-1-2-4-10(9)8-15(12)23-17(22)11-6-13(19)16(21)14(20)7-11/h1-4,6-7,12,15,17-22H,5,8H2/t12-,15+,17?/m1/s1. The summed E-state index contributed by atoms with van der Waals surface area (Å²) in [6.45, 7) is 0. The van der Waals surface area contributed by atoms with Crippen molar-refractivity contribution in [3.63, 3.8) is 0 Å². The van der Waals surface area contributed by atoms with Gasteiger partial charge in [-0.3, -0.25) is 0 Å². The molecule has 5 N–H and O–H groups in total. The Morgan fingerprint density at radius 1 is 0.957 bits per heavy atom. The maximum Gasteiger partial charge on any atom is 0.200 e. The number of hydrogen-bond acceptors (Lipinski definition) is 6. The molecule has 122 valence electrons. The van der Waals surface area contributed by atoms with Crippen LogP contribution in [0, 0.1) is 0 Å². The number of phenols is 3. The van der Waals surface area contributed by atoms with Crippen LogP contribution in [0.15, 0.2) is 36.4 Å². The van der Waals surface area contributed by atoms with Crippen LogP contribution in [0.5, 0.6) is 17.2 Å². The molecule has 0 radical (unpaired) electrons. The zero-order valence-corrected chi connectivity index (χ0v) is 12.3. The summed E-state index contributed by atoms with van der Waals surface area (Å²) >= 11 is 0. The van der Waals surface area contributed by atoms with Crippen LogP contribution >= 0.6 is 0 Å². The lowest BCUT2D eigenvalue weighted by Crippen LogP contribution is -2.37. The van der Waals surface area contributed by atoms with E-state index < -0.39 is 35.7 Å². The van der Waals surface area contributed by atoms with Crippen LogP contribution in [0.1, 0.15) is 23.0 Å². The van der Waals surface area contributed by atoms with Gasteiger partial charge in [-0.2, -0.15) is 0 Å². The predicted octanol–water partition coefficient (Wildman–Crippen LogP) is 1.34. The Bertz CT molecular complexity index is 691. The highest BCUT2D eigenvalue weighted by Crippen LogP contribution is 2.38. The second kappa shape index (κ2) is 6.08. The summed E-state index contributed by atoms with van der Waals surface area (Å²) < 4.78 is 5.50. The highest BCUT2D eigenvalue weighted by atomic mass is 16.6. The van der Waals surface area contributed by atoms with Crippen molar-refractivity contribution < 1.29 is 30.3 Å². The number of benzene rings is 2. The van der Waals surface area contributed by atoms with Gasteiger partial charge in [-0.05, 0) is 23.3 Å². The number of rotatable bonds is 3. The maximum atomic E-state index is 10.2. The van der Waals surface area contributed by atoms with E-state index in [1.165, 1.54) is 0 Å². The minimum absolute atomic E-state index is 0.0869. The van der Waals surface area contributed by atoms with Crippen molar-refractivity contribution in [2.24, 2.45) is 0 Å². The number of aromatic hydroxyl groups is 3. The zero-order chi connectivity index (χ0) is 16.6. The first-order valence-corrected chi connectivity index (χ1v) is 7.29. The van der Waals surface area contributed by atoms with Gasteiger partial charge < -0.3 is 30.3 Å². The lowest BCUT2D eigenvalue weighted by atomic mass is 9.88. The van der Waals surface area contributed by atoms with Gasteiger partial charge >= 0.3 is 0 Å². The lowest BCUT2D eigenvalue weighted by Gasteiger charge is -2.31. The van der Waals surface area contributed by atoms with Crippen LogP contribution in [-0.4, -0.2) is 37.7 Å². The molecule has 3 rings (SSSR count). The number of ether oxygens (including phenoxy) is 1. The van der Waals surface area contributed by atoms with Gasteiger partial charge in [0.25, 0.3) is 0 Å². The fraction of sp³-hybridized carbons (Fsp3) is 0.294. The molecular weight excluding hydrogens is 300 g/mol. The first-order valence-electron chi connectivity index (χ1n) is 7.29. The van der Waals surface area contributed by atoms with Gasteiger partial charge in [-0.1, -0.05) is 24.3 Å². The van der Waals surface area contributed by atoms with Crippen molar-refractivity contribution in [2.75, 3.05) is 0 Å². The topological polar surface area (TPSA) is 110 Å². The second-order valence-electron chi connectivity index (χ2n) is 5.68. The monoisotopic (exact) mass is 318 g/mol. The van der Waals surface area contributed by atoms with E-state index in [2.05, 4.69) is 0 Å². The third-order valence-electron chi connectivity index (χ3n) is 4.08. The molecule has 1 aliphatic rings. The van der Waals surface area contributed by atoms with Gasteiger partial charge in [0.2, 0.25) is 0 Å². The van der Waals surface area contributed by atoms with Crippen molar-refractivity contribution in [2.45, 2.75) is 31.3 Å². The number of aliphatic hydroxyl groups excluding tert-OH is 2. The fourth-order valence-electron chi connectivity index (χ4n) is 2.82. The van der Waals surface area contributed by atoms with Crippen LogP contribution in [0.4, 0.5) is 0 Å². The van der Waals surface area contributed by atoms with Gasteiger partial charge in [0.1, 0.15) is 0 Å². The molecule has 0 fully saturated rings. The molecule has 6 nitrogen and oxygen atoms in total. The zero-order valence-electron chi connectivity index (χ0n) is 12.3. The molecule has 1 unspecified atom stereocenters. The van der Waals surface area contributed by atoms with Crippen molar-refractivity contribution in [3.8, 4) is 17.2 Å². The van der Waals surface area contributed by atoms with Crippen LogP contribution in [-0.2, 0) is 17.6 Å². The van der Waals surface area contributed by atoms with E-state index in [0.29, 0.717) is 12.8 Å². The largest absolute Gasteiger partial charge is 0.504 e. The summed E-state index contributed by atoms with van der Waals surface area (Å²) in [6.07, 6.45) is -1.95. The van der Waals surface area contributed by atoms with Gasteiger partial charge in [-0.15, -0.1) is 0 Å². The molecule has 2 aromatic carbocycles. The van der Waals surface area contributed by atoms with Crippen LogP contribution in [0.25, 0.3) is 0 Å². The SMILES string of the molecule is Oc1cc(C(O)O[C@H]2Cc3ccccc3C[C@H]2O)cc(O)c1O. The minimum Gasteiger partial charge on any atom is -0.504 e. The molecule has 0 saturated carbocycles. The Kier molecular flexibility index (Phi) is 4.12. The van der Waals surface area contributed by atoms with E-state index in [1.54, 1.807) is 0 Å². The summed E-state index contributed by atoms with van der Waals surface area (Å²) in [5, 5.41) is 48.6. The van der Waals surface area contributed by atoms with Crippen molar-refractivity contribution in [1.29, 1.82) is 0 Å². The summed E-state index contributed by atoms with van der Waals surface area (Å²) in [5.41, 5.74) is 2.18. The van der Waals surface area contributed by atoms with Crippen LogP contribution in [0.2, 0.25) is 0 Å². The van der Waals surface area contributed by atoms with E-state index in [0.717, 1.165) is 23.3 Å². The molecule has 0 aliphatic heterocycles. The molecule has 6 heteroatoms. The summed E-state index contributed by atoms with van der Waals surface area (Å²) in [4.78, 5) is 0. The van der Waals surface area contributed by atoms with Crippen molar-refractivity contribution in [3.05, 3.63) is 53.1 Å². The molecule has 0 amide bonds. The van der Waals surface area contributed by atoms with Gasteiger partial charge in [-0.25, -0.2) is 0 Å². The van der Waals surface area contributed by atoms with Crippen LogP contribution in [0.3, 0.4) is 0 Å². The van der Waals surface area contributed by atoms with E-state index >= 15 is 0 Å². The molecule has 1 aliphatic carbocycles. The van der Waals surface area contributed by atoms with Gasteiger partial charge in [0.05, 0.1) is 12.2 Å². The Hall–Kier alpha value is -2.28. The molecule has 0 saturated heterocycles. The number of aliphatic hydroxyl groups is 2. The highest BCUT2D eigenvalue weighted by molar-refractivity contribution is 5.51. The minimum atomic E-state index is -1.45. The first-order chi connectivity index (χ1) is 11.0. The predicted molar refractivity (Wildman–Crippen MR) is 81.1 cm³/mol. The summed E-state index contributed by atoms with van der Waals surface area (Å²) in [5.74, 6) is -1.78. The molecule has 2 aromatic rings. The number of fused-ring (bicyclic) bond motifs is 1. The van der Waals surface area contributed by atoms with Crippen LogP contribution < -0.4 is 0 Å². The lowest BCUT2D eigenvalue weighted by molar-refractivity contribution is -0.170. The van der Waals surface area contributed by atoms with E-state index in [-0.39, 0.29) is 5.56 Å². The summed E-state index contributed by atoms with van der Waals surface area (Å²) in [6, 6.07) is 9.90. The third-order valence-corrected chi connectivity index (χ3v) is 4.08. The van der Waals surface area contributed by atoms with Crippen molar-refractivity contribution in [1.82, 2.24) is 0 Å². The highest BCUT2D eigenvalue weighted by Gasteiger charge is 2.30. The average Bonchev–Trinajstić information content (AvgIpc) is 2.52. The van der Waals surface area contributed by atoms with E-state index in [4.69, 9.17) is 4.74 Å². The number of hydrogen-bond donors (Lipinski definition) is 5. The Morgan fingerprint density at radius 2 is 1.52 bits per heavy atom. The van der Waals surface area contributed by atoms with Gasteiger partial charge in [0, 0.05) is 18.4 Å². The second-order valence-corrected chi connectivity index (χ2v) is 5.68. The fourth-order valence-corrected chi connectivity index (χ4v) is 2.82. The Balaban J connectivity index is 1.77. The van der Waals surface area contributed by atoms with E-state index in [9.17, 15) is 25.5 Å². The van der Waals surface area contributed by atoms with Gasteiger partial charge in [0.15, 0.2) is 23.5 Å². The Morgan fingerprint density at radius 3 is 2.13 bits per heavy atom. The molecule has 3 atom stereocenters. The molecule has 23 heavy (non-hydrogen) atoms. The average molecular weight is 318 g/mol. The molecule has 0 aromatic heterocycles. The third kappa shape index (κ3) is 3.10. The first kappa shape index (κ1) is 15.6. The smallest absolute Gasteiger partial charge is 0.200 e.